The molecule has 20 heavy (non-hydrogen) atoms. The third kappa shape index (κ3) is 6.31. The van der Waals surface area contributed by atoms with Crippen LogP contribution in [-0.4, -0.2) is 25.4 Å². The molecule has 3 nitrogen and oxygen atoms in total. The summed E-state index contributed by atoms with van der Waals surface area (Å²) in [6, 6.07) is 3.95. The number of nitrogens with one attached hydrogen (secondary N) is 1. The number of rotatable bonds is 8. The van der Waals surface area contributed by atoms with Crippen LogP contribution in [0.1, 0.15) is 33.3 Å². The van der Waals surface area contributed by atoms with Gasteiger partial charge in [0.15, 0.2) is 0 Å². The molecule has 0 saturated heterocycles. The zero-order valence-corrected chi connectivity index (χ0v) is 14.0. The SMILES string of the molecule is CC(C)NCc1cc(Cl)cc(Cl)c1OCCOC(C)C. The normalized spacial score (nSPS) is 11.4. The Kier molecular flexibility index (Phi) is 7.67. The minimum Gasteiger partial charge on any atom is -0.489 e. The standard InChI is InChI=1S/C15H23Cl2NO2/c1-10(2)18-9-12-7-13(16)8-14(17)15(12)20-6-5-19-11(3)4/h7-8,10-11,18H,5-6,9H2,1-4H3. The average Bonchev–Trinajstić information content (AvgIpc) is 2.33. The van der Waals surface area contributed by atoms with Crippen LogP contribution in [0.4, 0.5) is 0 Å². The van der Waals surface area contributed by atoms with Gasteiger partial charge in [-0.25, -0.2) is 0 Å². The maximum absolute atomic E-state index is 6.21. The minimum absolute atomic E-state index is 0.196. The summed E-state index contributed by atoms with van der Waals surface area (Å²) in [7, 11) is 0. The van der Waals surface area contributed by atoms with E-state index in [9.17, 15) is 0 Å². The second kappa shape index (κ2) is 8.73. The summed E-state index contributed by atoms with van der Waals surface area (Å²) >= 11 is 12.3. The van der Waals surface area contributed by atoms with E-state index in [1.54, 1.807) is 6.07 Å². The second-order valence-electron chi connectivity index (χ2n) is 5.18. The molecule has 0 aliphatic carbocycles. The molecule has 1 aromatic rings. The molecule has 0 amide bonds. The molecule has 0 saturated carbocycles. The molecule has 0 atom stereocenters. The third-order valence-electron chi connectivity index (χ3n) is 2.57. The number of ether oxygens (including phenoxy) is 2. The number of halogens is 2. The van der Waals surface area contributed by atoms with Gasteiger partial charge in [0, 0.05) is 23.2 Å². The summed E-state index contributed by atoms with van der Waals surface area (Å²) in [6.07, 6.45) is 0.196. The predicted octanol–water partition coefficient (Wildman–Crippen LogP) is 4.30. The van der Waals surface area contributed by atoms with Crippen LogP contribution >= 0.6 is 23.2 Å². The van der Waals surface area contributed by atoms with E-state index < -0.39 is 0 Å². The van der Waals surface area contributed by atoms with Crippen molar-refractivity contribution in [1.29, 1.82) is 0 Å². The van der Waals surface area contributed by atoms with Crippen molar-refractivity contribution in [3.63, 3.8) is 0 Å². The molecule has 1 aromatic carbocycles. The largest absolute Gasteiger partial charge is 0.489 e. The van der Waals surface area contributed by atoms with Crippen molar-refractivity contribution >= 4 is 23.2 Å². The Balaban J connectivity index is 2.71. The van der Waals surface area contributed by atoms with Crippen molar-refractivity contribution in [2.45, 2.75) is 46.4 Å². The van der Waals surface area contributed by atoms with Gasteiger partial charge in [0.2, 0.25) is 0 Å². The summed E-state index contributed by atoms with van der Waals surface area (Å²) < 4.78 is 11.2. The number of hydrogen-bond donors (Lipinski definition) is 1. The fourth-order valence-electron chi connectivity index (χ4n) is 1.65. The van der Waals surface area contributed by atoms with E-state index in [0.29, 0.717) is 41.6 Å². The van der Waals surface area contributed by atoms with Crippen LogP contribution < -0.4 is 10.1 Å². The average molecular weight is 320 g/mol. The molecule has 0 radical (unpaired) electrons. The van der Waals surface area contributed by atoms with Gasteiger partial charge in [-0.15, -0.1) is 0 Å². The lowest BCUT2D eigenvalue weighted by atomic mass is 10.2. The highest BCUT2D eigenvalue weighted by atomic mass is 35.5. The highest BCUT2D eigenvalue weighted by molar-refractivity contribution is 6.35. The molecule has 0 bridgehead atoms. The molecule has 0 unspecified atom stereocenters. The van der Waals surface area contributed by atoms with Crippen LogP contribution in [0.3, 0.4) is 0 Å². The molecule has 1 N–H and O–H groups in total. The summed E-state index contributed by atoms with van der Waals surface area (Å²) in [4.78, 5) is 0. The maximum Gasteiger partial charge on any atom is 0.142 e. The first-order chi connectivity index (χ1) is 9.40. The Hall–Kier alpha value is -0.480. The predicted molar refractivity (Wildman–Crippen MR) is 85.0 cm³/mol. The van der Waals surface area contributed by atoms with Gasteiger partial charge in [-0.05, 0) is 26.0 Å². The van der Waals surface area contributed by atoms with Gasteiger partial charge in [0.25, 0.3) is 0 Å². The highest BCUT2D eigenvalue weighted by Gasteiger charge is 2.11. The molecule has 0 heterocycles. The van der Waals surface area contributed by atoms with E-state index in [1.807, 2.05) is 19.9 Å². The van der Waals surface area contributed by atoms with Gasteiger partial charge in [-0.3, -0.25) is 0 Å². The van der Waals surface area contributed by atoms with Crippen molar-refractivity contribution in [3.05, 3.63) is 27.7 Å². The van der Waals surface area contributed by atoms with Gasteiger partial charge in [-0.2, -0.15) is 0 Å². The summed E-state index contributed by atoms with van der Waals surface area (Å²) in [5.74, 6) is 0.677. The van der Waals surface area contributed by atoms with Crippen molar-refractivity contribution in [1.82, 2.24) is 5.32 Å². The smallest absolute Gasteiger partial charge is 0.142 e. The Morgan fingerprint density at radius 1 is 1.10 bits per heavy atom. The van der Waals surface area contributed by atoms with Gasteiger partial charge in [0.05, 0.1) is 17.7 Å². The van der Waals surface area contributed by atoms with Crippen molar-refractivity contribution < 1.29 is 9.47 Å². The van der Waals surface area contributed by atoms with Crippen LogP contribution in [-0.2, 0) is 11.3 Å². The summed E-state index contributed by atoms with van der Waals surface area (Å²) in [5.41, 5.74) is 0.959. The van der Waals surface area contributed by atoms with Gasteiger partial charge >= 0.3 is 0 Å². The highest BCUT2D eigenvalue weighted by Crippen LogP contribution is 2.32. The van der Waals surface area contributed by atoms with Gasteiger partial charge in [-0.1, -0.05) is 37.0 Å². The Labute approximate surface area is 131 Å². The van der Waals surface area contributed by atoms with E-state index in [4.69, 9.17) is 32.7 Å². The van der Waals surface area contributed by atoms with E-state index in [1.165, 1.54) is 0 Å². The molecule has 1 rings (SSSR count). The van der Waals surface area contributed by atoms with Crippen LogP contribution in [0.5, 0.6) is 5.75 Å². The number of benzene rings is 1. The first-order valence-electron chi connectivity index (χ1n) is 6.86. The van der Waals surface area contributed by atoms with E-state index >= 15 is 0 Å². The topological polar surface area (TPSA) is 30.5 Å². The van der Waals surface area contributed by atoms with E-state index in [2.05, 4.69) is 19.2 Å². The summed E-state index contributed by atoms with van der Waals surface area (Å²) in [5, 5.41) is 4.48. The van der Waals surface area contributed by atoms with E-state index in [-0.39, 0.29) is 6.10 Å². The zero-order valence-electron chi connectivity index (χ0n) is 12.5. The quantitative estimate of drug-likeness (QED) is 0.725. The van der Waals surface area contributed by atoms with Crippen molar-refractivity contribution in [3.8, 4) is 5.75 Å². The monoisotopic (exact) mass is 319 g/mol. The molecule has 114 valence electrons. The second-order valence-corrected chi connectivity index (χ2v) is 6.02. The molecular weight excluding hydrogens is 297 g/mol. The minimum atomic E-state index is 0.196. The fourth-order valence-corrected chi connectivity index (χ4v) is 2.24. The van der Waals surface area contributed by atoms with Crippen LogP contribution in [0.25, 0.3) is 0 Å². The summed E-state index contributed by atoms with van der Waals surface area (Å²) in [6.45, 7) is 9.83. The first kappa shape index (κ1) is 17.6. The lowest BCUT2D eigenvalue weighted by Gasteiger charge is -2.16. The Morgan fingerprint density at radius 3 is 2.40 bits per heavy atom. The molecule has 0 aliphatic heterocycles. The Bertz CT molecular complexity index is 423. The fraction of sp³-hybridized carbons (Fsp3) is 0.600. The van der Waals surface area contributed by atoms with Crippen LogP contribution in [0.15, 0.2) is 12.1 Å². The maximum atomic E-state index is 6.21. The van der Waals surface area contributed by atoms with Gasteiger partial charge < -0.3 is 14.8 Å². The van der Waals surface area contributed by atoms with Crippen LogP contribution in [0.2, 0.25) is 10.0 Å². The van der Waals surface area contributed by atoms with Crippen molar-refractivity contribution in [2.75, 3.05) is 13.2 Å². The third-order valence-corrected chi connectivity index (χ3v) is 3.07. The van der Waals surface area contributed by atoms with Gasteiger partial charge in [0.1, 0.15) is 12.4 Å². The lowest BCUT2D eigenvalue weighted by Crippen LogP contribution is -2.22. The molecule has 0 spiro atoms. The molecule has 0 aromatic heterocycles. The number of hydrogen-bond acceptors (Lipinski definition) is 3. The molecule has 0 fully saturated rings. The molecule has 5 heteroatoms. The Morgan fingerprint density at radius 2 is 1.80 bits per heavy atom. The molecular formula is C15H23Cl2NO2. The van der Waals surface area contributed by atoms with Crippen LogP contribution in [0, 0.1) is 0 Å². The first-order valence-corrected chi connectivity index (χ1v) is 7.61. The zero-order chi connectivity index (χ0) is 15.1. The molecule has 0 aliphatic rings. The van der Waals surface area contributed by atoms with Crippen molar-refractivity contribution in [2.24, 2.45) is 0 Å². The lowest BCUT2D eigenvalue weighted by molar-refractivity contribution is 0.0550. The van der Waals surface area contributed by atoms with E-state index in [0.717, 1.165) is 5.56 Å².